The largest absolute Gasteiger partial charge is 0.487 e. The second-order valence-corrected chi connectivity index (χ2v) is 12.6. The molecule has 202 valence electrons. The summed E-state index contributed by atoms with van der Waals surface area (Å²) in [5.74, 6) is 0.344. The van der Waals surface area contributed by atoms with Crippen molar-refractivity contribution in [1.82, 2.24) is 4.98 Å². The SMILES string of the molecule is CCC(C(=O)O)C1CN=C(c2cc3cc(Oc4ccc(S(C)(=O)=O)cc4)cc(OCc4ccccc4)c3[nH]2)S1. The van der Waals surface area contributed by atoms with Crippen molar-refractivity contribution in [2.24, 2.45) is 10.9 Å². The number of nitrogens with zero attached hydrogens (tertiary/aromatic N) is 1. The van der Waals surface area contributed by atoms with Crippen LogP contribution in [0.25, 0.3) is 10.9 Å². The molecule has 1 aromatic heterocycles. The number of carbonyl (C=O) groups is 1. The summed E-state index contributed by atoms with van der Waals surface area (Å²) in [6, 6.07) is 21.7. The molecular weight excluding hydrogens is 536 g/mol. The molecule has 0 bridgehead atoms. The maximum absolute atomic E-state index is 11.8. The van der Waals surface area contributed by atoms with Gasteiger partial charge in [0.05, 0.1) is 28.6 Å². The fourth-order valence-corrected chi connectivity index (χ4v) is 6.37. The molecule has 5 rings (SSSR count). The molecule has 0 aliphatic carbocycles. The number of H-pyrrole nitrogens is 1. The number of aliphatic carboxylic acids is 1. The van der Waals surface area contributed by atoms with Gasteiger partial charge in [0.1, 0.15) is 28.9 Å². The van der Waals surface area contributed by atoms with Crippen LogP contribution in [0.3, 0.4) is 0 Å². The lowest BCUT2D eigenvalue weighted by Crippen LogP contribution is -2.26. The number of rotatable bonds is 10. The van der Waals surface area contributed by atoms with E-state index in [0.717, 1.165) is 33.5 Å². The van der Waals surface area contributed by atoms with E-state index in [-0.39, 0.29) is 10.1 Å². The number of hydrogen-bond donors (Lipinski definition) is 2. The zero-order chi connectivity index (χ0) is 27.6. The van der Waals surface area contributed by atoms with Crippen molar-refractivity contribution in [3.8, 4) is 17.2 Å². The van der Waals surface area contributed by atoms with Gasteiger partial charge in [-0.3, -0.25) is 9.79 Å². The van der Waals surface area contributed by atoms with Crippen LogP contribution < -0.4 is 9.47 Å². The Hall–Kier alpha value is -3.76. The lowest BCUT2D eigenvalue weighted by atomic mass is 10.0. The molecule has 39 heavy (non-hydrogen) atoms. The summed E-state index contributed by atoms with van der Waals surface area (Å²) in [6.45, 7) is 2.69. The highest BCUT2D eigenvalue weighted by Crippen LogP contribution is 2.37. The van der Waals surface area contributed by atoms with Gasteiger partial charge < -0.3 is 19.6 Å². The van der Waals surface area contributed by atoms with Crippen LogP contribution in [0.2, 0.25) is 0 Å². The quantitative estimate of drug-likeness (QED) is 0.246. The number of aliphatic imine (C=N–C) groups is 1. The van der Waals surface area contributed by atoms with Gasteiger partial charge in [-0.05, 0) is 48.4 Å². The van der Waals surface area contributed by atoms with Gasteiger partial charge in [0.25, 0.3) is 0 Å². The second-order valence-electron chi connectivity index (χ2n) is 9.34. The number of carboxylic acid groups (broad SMARTS) is 1. The van der Waals surface area contributed by atoms with Gasteiger partial charge in [-0.25, -0.2) is 8.42 Å². The van der Waals surface area contributed by atoms with E-state index < -0.39 is 21.7 Å². The van der Waals surface area contributed by atoms with Gasteiger partial charge in [-0.15, -0.1) is 0 Å². The van der Waals surface area contributed by atoms with Crippen molar-refractivity contribution in [2.45, 2.75) is 30.1 Å². The van der Waals surface area contributed by atoms with Crippen LogP contribution in [0.15, 0.2) is 82.7 Å². The highest BCUT2D eigenvalue weighted by atomic mass is 32.2. The highest BCUT2D eigenvalue weighted by Gasteiger charge is 2.32. The number of aromatic nitrogens is 1. The van der Waals surface area contributed by atoms with Crippen molar-refractivity contribution >= 4 is 43.5 Å². The van der Waals surface area contributed by atoms with Crippen LogP contribution in [-0.2, 0) is 21.2 Å². The minimum Gasteiger partial charge on any atom is -0.487 e. The van der Waals surface area contributed by atoms with Crippen LogP contribution in [0.1, 0.15) is 24.6 Å². The van der Waals surface area contributed by atoms with Crippen LogP contribution in [-0.4, -0.2) is 47.6 Å². The van der Waals surface area contributed by atoms with Gasteiger partial charge in [0.2, 0.25) is 0 Å². The Morgan fingerprint density at radius 3 is 2.51 bits per heavy atom. The standard InChI is InChI=1S/C29H28N2O6S2/c1-3-23(29(32)33)26-16-30-28(38-26)24-14-19-13-21(37-20-9-11-22(12-10-20)39(2,34)35)15-25(27(19)31-24)36-17-18-7-5-4-6-8-18/h4-15,23,26,31H,3,16-17H2,1-2H3,(H,32,33). The van der Waals surface area contributed by atoms with E-state index in [1.165, 1.54) is 23.9 Å². The molecule has 2 atom stereocenters. The van der Waals surface area contributed by atoms with Crippen molar-refractivity contribution < 1.29 is 27.8 Å². The summed E-state index contributed by atoms with van der Waals surface area (Å²) in [4.78, 5) is 19.9. The summed E-state index contributed by atoms with van der Waals surface area (Å²) in [7, 11) is -3.31. The Bertz CT molecular complexity index is 1630. The first-order valence-electron chi connectivity index (χ1n) is 12.5. The Labute approximate surface area is 231 Å². The molecule has 2 unspecified atom stereocenters. The van der Waals surface area contributed by atoms with E-state index in [4.69, 9.17) is 9.47 Å². The second kappa shape index (κ2) is 11.2. The molecular formula is C29H28N2O6S2. The first-order chi connectivity index (χ1) is 18.7. The number of sulfone groups is 1. The lowest BCUT2D eigenvalue weighted by Gasteiger charge is -2.15. The summed E-state index contributed by atoms with van der Waals surface area (Å²) in [5, 5.41) is 11.1. The van der Waals surface area contributed by atoms with Gasteiger partial charge in [-0.2, -0.15) is 0 Å². The third-order valence-electron chi connectivity index (χ3n) is 6.50. The van der Waals surface area contributed by atoms with Crippen LogP contribution >= 0.6 is 11.8 Å². The number of fused-ring (bicyclic) bond motifs is 1. The molecule has 10 heteroatoms. The third-order valence-corrected chi connectivity index (χ3v) is 8.99. The van der Waals surface area contributed by atoms with Crippen LogP contribution in [0.4, 0.5) is 0 Å². The van der Waals surface area contributed by atoms with Gasteiger partial charge in [-0.1, -0.05) is 49.0 Å². The molecule has 3 aromatic carbocycles. The summed E-state index contributed by atoms with van der Waals surface area (Å²) >= 11 is 1.48. The average molecular weight is 565 g/mol. The van der Waals surface area contributed by atoms with E-state index in [1.807, 2.05) is 49.4 Å². The third kappa shape index (κ3) is 6.12. The molecule has 1 aliphatic heterocycles. The smallest absolute Gasteiger partial charge is 0.307 e. The number of aromatic amines is 1. The van der Waals surface area contributed by atoms with E-state index >= 15 is 0 Å². The molecule has 8 nitrogen and oxygen atoms in total. The first-order valence-corrected chi connectivity index (χ1v) is 15.2. The highest BCUT2D eigenvalue weighted by molar-refractivity contribution is 8.15. The molecule has 0 saturated carbocycles. The number of hydrogen-bond acceptors (Lipinski definition) is 7. The van der Waals surface area contributed by atoms with Crippen molar-refractivity contribution in [3.63, 3.8) is 0 Å². The molecule has 2 heterocycles. The summed E-state index contributed by atoms with van der Waals surface area (Å²) < 4.78 is 35.9. The van der Waals surface area contributed by atoms with Gasteiger partial charge >= 0.3 is 5.97 Å². The zero-order valence-corrected chi connectivity index (χ0v) is 23.1. The Morgan fingerprint density at radius 2 is 1.85 bits per heavy atom. The van der Waals surface area contributed by atoms with Crippen LogP contribution in [0.5, 0.6) is 17.2 Å². The average Bonchev–Trinajstić information content (AvgIpc) is 3.56. The molecule has 4 aromatic rings. The Morgan fingerprint density at radius 1 is 1.10 bits per heavy atom. The number of benzene rings is 3. The topological polar surface area (TPSA) is 118 Å². The molecule has 2 N–H and O–H groups in total. The van der Waals surface area contributed by atoms with E-state index in [1.54, 1.807) is 18.2 Å². The predicted molar refractivity (Wildman–Crippen MR) is 153 cm³/mol. The molecule has 0 saturated heterocycles. The molecule has 1 aliphatic rings. The minimum absolute atomic E-state index is 0.114. The fraction of sp³-hybridized carbons (Fsp3) is 0.241. The number of thioether (sulfide) groups is 1. The predicted octanol–water partition coefficient (Wildman–Crippen LogP) is 5.92. The van der Waals surface area contributed by atoms with Gasteiger partial charge in [0, 0.05) is 23.0 Å². The molecule has 0 spiro atoms. The van der Waals surface area contributed by atoms with E-state index in [0.29, 0.717) is 36.8 Å². The fourth-order valence-electron chi connectivity index (χ4n) is 4.44. The van der Waals surface area contributed by atoms with Crippen molar-refractivity contribution in [3.05, 3.63) is 84.1 Å². The monoisotopic (exact) mass is 564 g/mol. The summed E-state index contributed by atoms with van der Waals surface area (Å²) in [5.41, 5.74) is 2.58. The zero-order valence-electron chi connectivity index (χ0n) is 21.5. The normalized spacial score (nSPS) is 16.2. The van der Waals surface area contributed by atoms with Crippen molar-refractivity contribution in [1.29, 1.82) is 0 Å². The molecule has 0 radical (unpaired) electrons. The van der Waals surface area contributed by atoms with E-state index in [9.17, 15) is 18.3 Å². The molecule has 0 fully saturated rings. The minimum atomic E-state index is -3.31. The number of ether oxygens (including phenoxy) is 2. The number of carboxylic acids is 1. The van der Waals surface area contributed by atoms with Crippen molar-refractivity contribution in [2.75, 3.05) is 12.8 Å². The maximum atomic E-state index is 11.8. The summed E-state index contributed by atoms with van der Waals surface area (Å²) in [6.07, 6.45) is 1.71. The van der Waals surface area contributed by atoms with Gasteiger partial charge in [0.15, 0.2) is 9.84 Å². The molecule has 0 amide bonds. The maximum Gasteiger partial charge on any atom is 0.307 e. The Balaban J connectivity index is 1.45. The van der Waals surface area contributed by atoms with E-state index in [2.05, 4.69) is 9.98 Å². The lowest BCUT2D eigenvalue weighted by molar-refractivity contribution is -0.141. The Kier molecular flexibility index (Phi) is 7.67. The van der Waals surface area contributed by atoms with Crippen LogP contribution in [0, 0.1) is 5.92 Å². The number of nitrogens with one attached hydrogen (secondary N) is 1. The first kappa shape index (κ1) is 26.8.